The topological polar surface area (TPSA) is 124 Å². The lowest BCUT2D eigenvalue weighted by Crippen LogP contribution is -2.42. The van der Waals surface area contributed by atoms with Gasteiger partial charge in [-0.05, 0) is 48.8 Å². The van der Waals surface area contributed by atoms with Gasteiger partial charge in [0.2, 0.25) is 10.0 Å². The van der Waals surface area contributed by atoms with Crippen molar-refractivity contribution >= 4 is 41.7 Å². The Hall–Kier alpha value is -2.86. The van der Waals surface area contributed by atoms with Gasteiger partial charge < -0.3 is 10.0 Å². The van der Waals surface area contributed by atoms with Crippen LogP contribution < -0.4 is 4.72 Å². The zero-order chi connectivity index (χ0) is 27.2. The fourth-order valence-corrected chi connectivity index (χ4v) is 6.65. The Morgan fingerprint density at radius 1 is 0.711 bits per heavy atom. The van der Waals surface area contributed by atoms with Crippen molar-refractivity contribution in [3.05, 3.63) is 84.9 Å². The van der Waals surface area contributed by atoms with Gasteiger partial charge in [0.05, 0.1) is 11.0 Å². The third kappa shape index (κ3) is 7.16. The molecule has 0 saturated carbocycles. The molecule has 4 aromatic rings. The van der Waals surface area contributed by atoms with Gasteiger partial charge >= 0.3 is 0 Å². The number of aliphatic hydroxyl groups excluding tert-OH is 1. The van der Waals surface area contributed by atoms with Crippen molar-refractivity contribution in [3.8, 4) is 0 Å². The van der Waals surface area contributed by atoms with Crippen molar-refractivity contribution in [3.63, 3.8) is 0 Å². The second kappa shape index (κ2) is 12.3. The number of β-amino-alcohol motifs (C(OH)–C–C–N with tert-alkyl or cyclic N) is 1. The van der Waals surface area contributed by atoms with Crippen molar-refractivity contribution in [2.24, 2.45) is 0 Å². The van der Waals surface area contributed by atoms with Crippen LogP contribution >= 0.6 is 0 Å². The molecule has 0 aromatic heterocycles. The predicted molar refractivity (Wildman–Crippen MR) is 149 cm³/mol. The lowest BCUT2D eigenvalue weighted by molar-refractivity contribution is 0.104. The molecule has 4 aromatic carbocycles. The number of hydrogen-bond acceptors (Lipinski definition) is 6. The molecular weight excluding hydrogens is 524 g/mol. The molecule has 1 saturated heterocycles. The Morgan fingerprint density at radius 2 is 1.21 bits per heavy atom. The van der Waals surface area contributed by atoms with E-state index >= 15 is 0 Å². The second-order valence-electron chi connectivity index (χ2n) is 9.30. The highest BCUT2D eigenvalue weighted by Gasteiger charge is 2.20. The van der Waals surface area contributed by atoms with Crippen LogP contribution in [0.3, 0.4) is 0 Å². The number of hydrogen-bond donors (Lipinski definition) is 3. The zero-order valence-corrected chi connectivity index (χ0v) is 22.5. The minimum atomic E-state index is -4.13. The van der Waals surface area contributed by atoms with E-state index in [0.717, 1.165) is 36.7 Å². The van der Waals surface area contributed by atoms with Gasteiger partial charge in [0, 0.05) is 23.9 Å². The van der Waals surface area contributed by atoms with E-state index in [4.69, 9.17) is 4.55 Å². The summed E-state index contributed by atoms with van der Waals surface area (Å²) in [6.07, 6.45) is 2.83. The van der Waals surface area contributed by atoms with E-state index in [1.165, 1.54) is 12.5 Å². The Balaban J connectivity index is 0.000000204. The van der Waals surface area contributed by atoms with E-state index in [1.807, 2.05) is 30.3 Å². The van der Waals surface area contributed by atoms with E-state index < -0.39 is 26.2 Å². The normalized spacial score (nSPS) is 15.6. The molecule has 8 nitrogen and oxygen atoms in total. The van der Waals surface area contributed by atoms with Crippen molar-refractivity contribution in [1.29, 1.82) is 0 Å². The third-order valence-corrected chi connectivity index (χ3v) is 8.89. The van der Waals surface area contributed by atoms with Gasteiger partial charge in [-0.2, -0.15) is 8.42 Å². The molecule has 1 fully saturated rings. The monoisotopic (exact) mass is 556 g/mol. The summed E-state index contributed by atoms with van der Waals surface area (Å²) in [4.78, 5) is 2.40. The van der Waals surface area contributed by atoms with Crippen molar-refractivity contribution in [2.75, 3.05) is 26.2 Å². The SMILES string of the molecule is O=S(=O)(NC[C@H](O)CN1CCCCC1)c1cccc2ccccc12.O=S(=O)(O)c1cccc2ccccc12. The molecule has 1 atom stereocenters. The Kier molecular flexibility index (Phi) is 9.14. The van der Waals surface area contributed by atoms with E-state index in [9.17, 15) is 21.9 Å². The van der Waals surface area contributed by atoms with Crippen LogP contribution in [-0.2, 0) is 20.1 Å². The molecule has 0 spiro atoms. The number of benzene rings is 4. The highest BCUT2D eigenvalue weighted by atomic mass is 32.2. The quantitative estimate of drug-likeness (QED) is 0.293. The molecule has 1 aliphatic rings. The summed E-state index contributed by atoms with van der Waals surface area (Å²) in [5.74, 6) is 0. The van der Waals surface area contributed by atoms with Gasteiger partial charge in [0.25, 0.3) is 10.1 Å². The summed E-state index contributed by atoms with van der Waals surface area (Å²) in [6, 6.07) is 24.4. The van der Waals surface area contributed by atoms with Gasteiger partial charge in [-0.15, -0.1) is 0 Å². The minimum absolute atomic E-state index is 0.0298. The molecule has 1 heterocycles. The molecule has 0 unspecified atom stereocenters. The van der Waals surface area contributed by atoms with E-state index in [0.29, 0.717) is 17.3 Å². The fourth-order valence-electron chi connectivity index (χ4n) is 4.64. The third-order valence-electron chi connectivity index (χ3n) is 6.49. The summed E-state index contributed by atoms with van der Waals surface area (Å²) in [7, 11) is -7.78. The Bertz CT molecular complexity index is 1590. The predicted octanol–water partition coefficient (Wildman–Crippen LogP) is 4.05. The fraction of sp³-hybridized carbons (Fsp3) is 0.286. The van der Waals surface area contributed by atoms with Crippen LogP contribution in [0, 0.1) is 0 Å². The number of piperidine rings is 1. The number of aliphatic hydroxyl groups is 1. The van der Waals surface area contributed by atoms with Crippen LogP contribution in [0.2, 0.25) is 0 Å². The molecule has 0 amide bonds. The lowest BCUT2D eigenvalue weighted by atomic mass is 10.1. The zero-order valence-electron chi connectivity index (χ0n) is 20.9. The number of fused-ring (bicyclic) bond motifs is 2. The first kappa shape index (κ1) is 28.2. The number of rotatable bonds is 7. The van der Waals surface area contributed by atoms with E-state index in [1.54, 1.807) is 48.5 Å². The van der Waals surface area contributed by atoms with Crippen LogP contribution in [0.4, 0.5) is 0 Å². The largest absolute Gasteiger partial charge is 0.390 e. The Morgan fingerprint density at radius 3 is 1.79 bits per heavy atom. The molecule has 3 N–H and O–H groups in total. The molecule has 5 rings (SSSR count). The Labute approximate surface area is 223 Å². The van der Waals surface area contributed by atoms with Crippen molar-refractivity contribution in [1.82, 2.24) is 9.62 Å². The molecule has 0 radical (unpaired) electrons. The maximum absolute atomic E-state index is 12.6. The average Bonchev–Trinajstić information content (AvgIpc) is 2.92. The van der Waals surface area contributed by atoms with Crippen molar-refractivity contribution < 1.29 is 26.5 Å². The van der Waals surface area contributed by atoms with Gasteiger partial charge in [-0.3, -0.25) is 4.55 Å². The van der Waals surface area contributed by atoms with Crippen LogP contribution in [-0.4, -0.2) is 63.7 Å². The highest BCUT2D eigenvalue weighted by Crippen LogP contribution is 2.23. The van der Waals surface area contributed by atoms with Crippen LogP contribution in [0.15, 0.2) is 94.7 Å². The van der Waals surface area contributed by atoms with Gasteiger partial charge in [-0.1, -0.05) is 79.2 Å². The first-order valence-electron chi connectivity index (χ1n) is 12.5. The summed E-state index contributed by atoms with van der Waals surface area (Å²) in [5.41, 5.74) is 0. The van der Waals surface area contributed by atoms with Gasteiger partial charge in [0.15, 0.2) is 0 Å². The summed E-state index contributed by atoms with van der Waals surface area (Å²) < 4.78 is 58.7. The van der Waals surface area contributed by atoms with E-state index in [2.05, 4.69) is 9.62 Å². The number of sulfonamides is 1. The lowest BCUT2D eigenvalue weighted by Gasteiger charge is -2.28. The molecule has 202 valence electrons. The molecule has 38 heavy (non-hydrogen) atoms. The van der Waals surface area contributed by atoms with Gasteiger partial charge in [-0.25, -0.2) is 13.1 Å². The minimum Gasteiger partial charge on any atom is -0.390 e. The van der Waals surface area contributed by atoms with Crippen LogP contribution in [0.25, 0.3) is 21.5 Å². The van der Waals surface area contributed by atoms with Crippen LogP contribution in [0.5, 0.6) is 0 Å². The first-order chi connectivity index (χ1) is 18.1. The summed E-state index contributed by atoms with van der Waals surface area (Å²) in [5, 5.41) is 13.1. The average molecular weight is 557 g/mol. The van der Waals surface area contributed by atoms with E-state index in [-0.39, 0.29) is 16.3 Å². The molecule has 1 aliphatic heterocycles. The molecular formula is C28H32N2O6S2. The summed E-state index contributed by atoms with van der Waals surface area (Å²) >= 11 is 0. The number of nitrogens with zero attached hydrogens (tertiary/aromatic N) is 1. The highest BCUT2D eigenvalue weighted by molar-refractivity contribution is 7.89. The molecule has 10 heteroatoms. The maximum atomic E-state index is 12.6. The molecule has 0 aliphatic carbocycles. The standard InChI is InChI=1S/C18H24N2O3S.C10H8O3S/c21-16(14-20-11-4-1-5-12-20)13-19-24(22,23)18-10-6-8-15-7-2-3-9-17(15)18;11-14(12,13)10-7-3-5-8-4-1-2-6-9(8)10/h2-3,6-10,16,19,21H,1,4-5,11-14H2;1-7H,(H,11,12,13)/t16-;/m0./s1. The smallest absolute Gasteiger partial charge is 0.295 e. The maximum Gasteiger partial charge on any atom is 0.295 e. The van der Waals surface area contributed by atoms with Crippen LogP contribution in [0.1, 0.15) is 19.3 Å². The first-order valence-corrected chi connectivity index (χ1v) is 15.4. The van der Waals surface area contributed by atoms with Gasteiger partial charge in [0.1, 0.15) is 4.90 Å². The number of likely N-dealkylation sites (tertiary alicyclic amines) is 1. The number of nitrogens with one attached hydrogen (secondary N) is 1. The van der Waals surface area contributed by atoms with Crippen molar-refractivity contribution in [2.45, 2.75) is 35.2 Å². The molecule has 0 bridgehead atoms. The summed E-state index contributed by atoms with van der Waals surface area (Å²) in [6.45, 7) is 2.50. The second-order valence-corrected chi connectivity index (χ2v) is 12.4.